The Labute approximate surface area is 119 Å². The largest absolute Gasteiger partial charge is 0.326 e. The van der Waals surface area contributed by atoms with Gasteiger partial charge in [0.15, 0.2) is 0 Å². The summed E-state index contributed by atoms with van der Waals surface area (Å²) in [4.78, 5) is 14.7. The zero-order valence-corrected chi connectivity index (χ0v) is 13.6. The highest BCUT2D eigenvalue weighted by Gasteiger charge is 2.46. The van der Waals surface area contributed by atoms with E-state index in [2.05, 4.69) is 44.8 Å². The van der Waals surface area contributed by atoms with Gasteiger partial charge in [-0.2, -0.15) is 0 Å². The Balaban J connectivity index is 2.68. The Morgan fingerprint density at radius 2 is 1.89 bits per heavy atom. The molecule has 1 amide bonds. The molecule has 0 aromatic carbocycles. The average molecular weight is 268 g/mol. The van der Waals surface area contributed by atoms with Crippen LogP contribution >= 0.6 is 0 Å². The lowest BCUT2D eigenvalue weighted by atomic mass is 9.99. The van der Waals surface area contributed by atoms with Crippen molar-refractivity contribution in [3.05, 3.63) is 0 Å². The first kappa shape index (κ1) is 16.5. The fourth-order valence-corrected chi connectivity index (χ4v) is 2.78. The molecule has 1 saturated heterocycles. The molecule has 0 aliphatic carbocycles. The van der Waals surface area contributed by atoms with Crippen LogP contribution in [-0.2, 0) is 4.79 Å². The molecule has 0 spiro atoms. The zero-order chi connectivity index (χ0) is 14.6. The Hall–Kier alpha value is -0.570. The standard InChI is InChI=1S/C16H32N2O/c1-7-16(6)15(19)18(10-8-9-12(2)3)14(17-16)11-13(4)5/h12-14,17H,7-11H2,1-6H3. The summed E-state index contributed by atoms with van der Waals surface area (Å²) in [6.45, 7) is 14.0. The molecule has 1 aliphatic heterocycles. The van der Waals surface area contributed by atoms with E-state index in [-0.39, 0.29) is 11.7 Å². The van der Waals surface area contributed by atoms with Gasteiger partial charge in [-0.15, -0.1) is 0 Å². The van der Waals surface area contributed by atoms with E-state index < -0.39 is 0 Å². The smallest absolute Gasteiger partial charge is 0.243 e. The first-order chi connectivity index (χ1) is 8.80. The summed E-state index contributed by atoms with van der Waals surface area (Å²) in [6, 6.07) is 0. The van der Waals surface area contributed by atoms with Crippen LogP contribution in [0.15, 0.2) is 0 Å². The lowest BCUT2D eigenvalue weighted by Crippen LogP contribution is -2.44. The van der Waals surface area contributed by atoms with Crippen molar-refractivity contribution in [2.45, 2.75) is 78.9 Å². The third-order valence-corrected chi connectivity index (χ3v) is 4.18. The van der Waals surface area contributed by atoms with Gasteiger partial charge in [0.2, 0.25) is 5.91 Å². The van der Waals surface area contributed by atoms with Crippen LogP contribution in [0.5, 0.6) is 0 Å². The molecule has 1 N–H and O–H groups in total. The van der Waals surface area contributed by atoms with Gasteiger partial charge in [-0.3, -0.25) is 10.1 Å². The first-order valence-corrected chi connectivity index (χ1v) is 7.89. The van der Waals surface area contributed by atoms with Gasteiger partial charge >= 0.3 is 0 Å². The van der Waals surface area contributed by atoms with Crippen molar-refractivity contribution in [2.75, 3.05) is 6.54 Å². The van der Waals surface area contributed by atoms with Crippen molar-refractivity contribution in [1.82, 2.24) is 10.2 Å². The second kappa shape index (κ2) is 6.74. The van der Waals surface area contributed by atoms with Gasteiger partial charge in [-0.1, -0.05) is 34.6 Å². The van der Waals surface area contributed by atoms with Gasteiger partial charge in [0, 0.05) is 6.54 Å². The van der Waals surface area contributed by atoms with Crippen molar-refractivity contribution in [3.8, 4) is 0 Å². The highest BCUT2D eigenvalue weighted by molar-refractivity contribution is 5.88. The molecule has 0 aromatic rings. The maximum atomic E-state index is 12.6. The fourth-order valence-electron chi connectivity index (χ4n) is 2.78. The van der Waals surface area contributed by atoms with Gasteiger partial charge in [-0.25, -0.2) is 0 Å². The van der Waals surface area contributed by atoms with E-state index in [1.165, 1.54) is 6.42 Å². The van der Waals surface area contributed by atoms with Crippen molar-refractivity contribution in [2.24, 2.45) is 11.8 Å². The van der Waals surface area contributed by atoms with Crippen molar-refractivity contribution in [3.63, 3.8) is 0 Å². The van der Waals surface area contributed by atoms with Gasteiger partial charge in [0.25, 0.3) is 0 Å². The van der Waals surface area contributed by atoms with Gasteiger partial charge in [0.05, 0.1) is 11.7 Å². The third kappa shape index (κ3) is 4.20. The van der Waals surface area contributed by atoms with Gasteiger partial charge < -0.3 is 4.90 Å². The summed E-state index contributed by atoms with van der Waals surface area (Å²) >= 11 is 0. The van der Waals surface area contributed by atoms with Crippen LogP contribution in [0.25, 0.3) is 0 Å². The van der Waals surface area contributed by atoms with Crippen molar-refractivity contribution < 1.29 is 4.79 Å². The molecule has 1 heterocycles. The Bertz CT molecular complexity index is 301. The highest BCUT2D eigenvalue weighted by Crippen LogP contribution is 2.27. The lowest BCUT2D eigenvalue weighted by Gasteiger charge is -2.25. The molecule has 0 bridgehead atoms. The maximum absolute atomic E-state index is 12.6. The minimum Gasteiger partial charge on any atom is -0.326 e. The third-order valence-electron chi connectivity index (χ3n) is 4.18. The predicted molar refractivity (Wildman–Crippen MR) is 80.9 cm³/mol. The second-order valence-electron chi connectivity index (χ2n) is 7.01. The summed E-state index contributed by atoms with van der Waals surface area (Å²) < 4.78 is 0. The Kier molecular flexibility index (Phi) is 5.84. The molecule has 3 nitrogen and oxygen atoms in total. The Morgan fingerprint density at radius 3 is 2.37 bits per heavy atom. The summed E-state index contributed by atoms with van der Waals surface area (Å²) in [6.07, 6.45) is 4.44. The van der Waals surface area contributed by atoms with Crippen LogP contribution in [0.3, 0.4) is 0 Å². The molecule has 2 unspecified atom stereocenters. The quantitative estimate of drug-likeness (QED) is 0.767. The number of hydrogen-bond donors (Lipinski definition) is 1. The van der Waals surface area contributed by atoms with E-state index in [0.29, 0.717) is 17.7 Å². The molecule has 0 saturated carbocycles. The molecule has 0 radical (unpaired) electrons. The average Bonchev–Trinajstić information content (AvgIpc) is 2.53. The maximum Gasteiger partial charge on any atom is 0.243 e. The van der Waals surface area contributed by atoms with E-state index in [4.69, 9.17) is 0 Å². The summed E-state index contributed by atoms with van der Waals surface area (Å²) in [5, 5.41) is 3.56. The van der Waals surface area contributed by atoms with Crippen LogP contribution in [0.1, 0.15) is 67.2 Å². The number of hydrogen-bond acceptors (Lipinski definition) is 2. The molecular formula is C16H32N2O. The second-order valence-corrected chi connectivity index (χ2v) is 7.01. The zero-order valence-electron chi connectivity index (χ0n) is 13.6. The number of rotatable bonds is 7. The van der Waals surface area contributed by atoms with E-state index in [1.807, 2.05) is 6.92 Å². The number of nitrogens with one attached hydrogen (secondary N) is 1. The molecule has 1 rings (SSSR count). The molecule has 1 aliphatic rings. The van der Waals surface area contributed by atoms with Crippen LogP contribution < -0.4 is 5.32 Å². The summed E-state index contributed by atoms with van der Waals surface area (Å²) in [5.41, 5.74) is -0.350. The minimum absolute atomic E-state index is 0.226. The Morgan fingerprint density at radius 1 is 1.26 bits per heavy atom. The molecule has 19 heavy (non-hydrogen) atoms. The molecule has 112 valence electrons. The SMILES string of the molecule is CCC1(C)NC(CC(C)C)N(CCCC(C)C)C1=O. The molecule has 1 fully saturated rings. The molecule has 3 heteroatoms. The first-order valence-electron chi connectivity index (χ1n) is 7.89. The van der Waals surface area contributed by atoms with Crippen LogP contribution in [-0.4, -0.2) is 29.1 Å². The van der Waals surface area contributed by atoms with Crippen LogP contribution in [0.4, 0.5) is 0 Å². The van der Waals surface area contributed by atoms with E-state index in [9.17, 15) is 4.79 Å². The topological polar surface area (TPSA) is 32.3 Å². The monoisotopic (exact) mass is 268 g/mol. The van der Waals surface area contributed by atoms with E-state index in [1.54, 1.807) is 0 Å². The normalized spacial score (nSPS) is 27.9. The van der Waals surface area contributed by atoms with Crippen molar-refractivity contribution >= 4 is 5.91 Å². The van der Waals surface area contributed by atoms with Gasteiger partial charge in [-0.05, 0) is 44.4 Å². The molecule has 2 atom stereocenters. The number of nitrogens with zero attached hydrogens (tertiary/aromatic N) is 1. The van der Waals surface area contributed by atoms with Gasteiger partial charge in [0.1, 0.15) is 0 Å². The van der Waals surface area contributed by atoms with Crippen molar-refractivity contribution in [1.29, 1.82) is 0 Å². The summed E-state index contributed by atoms with van der Waals surface area (Å²) in [7, 11) is 0. The highest BCUT2D eigenvalue weighted by atomic mass is 16.2. The molecule has 0 aromatic heterocycles. The summed E-state index contributed by atoms with van der Waals surface area (Å²) in [5.74, 6) is 1.62. The van der Waals surface area contributed by atoms with E-state index in [0.717, 1.165) is 25.8 Å². The minimum atomic E-state index is -0.350. The van der Waals surface area contributed by atoms with Crippen LogP contribution in [0.2, 0.25) is 0 Å². The number of amides is 1. The lowest BCUT2D eigenvalue weighted by molar-refractivity contribution is -0.133. The number of carbonyl (C=O) groups is 1. The van der Waals surface area contributed by atoms with Crippen LogP contribution in [0, 0.1) is 11.8 Å². The fraction of sp³-hybridized carbons (Fsp3) is 0.938. The molecular weight excluding hydrogens is 236 g/mol. The predicted octanol–water partition coefficient (Wildman–Crippen LogP) is 3.40. The van der Waals surface area contributed by atoms with E-state index >= 15 is 0 Å². The number of carbonyl (C=O) groups excluding carboxylic acids is 1.